The lowest BCUT2D eigenvalue weighted by atomic mass is 10.1. The molecule has 0 saturated carbocycles. The number of aromatic nitrogens is 1. The SMILES string of the molecule is CCCc1cc(C)c(C#N)cn1. The highest BCUT2D eigenvalue weighted by atomic mass is 14.7. The van der Waals surface area contributed by atoms with Crippen LogP contribution >= 0.6 is 0 Å². The van der Waals surface area contributed by atoms with E-state index in [4.69, 9.17) is 5.26 Å². The van der Waals surface area contributed by atoms with Gasteiger partial charge in [-0.05, 0) is 25.0 Å². The molecule has 1 heterocycles. The van der Waals surface area contributed by atoms with E-state index in [-0.39, 0.29) is 0 Å². The average Bonchev–Trinajstić information content (AvgIpc) is 2.05. The van der Waals surface area contributed by atoms with E-state index in [1.54, 1.807) is 6.20 Å². The van der Waals surface area contributed by atoms with Gasteiger partial charge < -0.3 is 0 Å². The maximum Gasteiger partial charge on any atom is 0.101 e. The van der Waals surface area contributed by atoms with Crippen molar-refractivity contribution in [1.29, 1.82) is 5.26 Å². The molecule has 0 atom stereocenters. The van der Waals surface area contributed by atoms with Gasteiger partial charge in [-0.3, -0.25) is 4.98 Å². The van der Waals surface area contributed by atoms with E-state index in [2.05, 4.69) is 18.0 Å². The Balaban J connectivity index is 2.96. The zero-order valence-corrected chi connectivity index (χ0v) is 7.46. The van der Waals surface area contributed by atoms with Gasteiger partial charge in [-0.25, -0.2) is 0 Å². The molecular weight excluding hydrogens is 148 g/mol. The predicted octanol–water partition coefficient (Wildman–Crippen LogP) is 2.21. The minimum Gasteiger partial charge on any atom is -0.260 e. The first-order valence-electron chi connectivity index (χ1n) is 4.13. The minimum absolute atomic E-state index is 0.676. The Bertz CT molecular complexity index is 310. The molecule has 0 unspecified atom stereocenters. The maximum absolute atomic E-state index is 8.65. The van der Waals surface area contributed by atoms with Crippen LogP contribution in [-0.2, 0) is 6.42 Å². The lowest BCUT2D eigenvalue weighted by Gasteiger charge is -2.00. The van der Waals surface area contributed by atoms with Crippen LogP contribution in [0.5, 0.6) is 0 Å². The smallest absolute Gasteiger partial charge is 0.101 e. The van der Waals surface area contributed by atoms with Crippen molar-refractivity contribution >= 4 is 0 Å². The van der Waals surface area contributed by atoms with E-state index >= 15 is 0 Å². The third kappa shape index (κ3) is 1.82. The summed E-state index contributed by atoms with van der Waals surface area (Å²) in [6.07, 6.45) is 3.74. The molecule has 0 aliphatic rings. The summed E-state index contributed by atoms with van der Waals surface area (Å²) < 4.78 is 0. The zero-order valence-electron chi connectivity index (χ0n) is 7.46. The molecule has 1 aromatic rings. The summed E-state index contributed by atoms with van der Waals surface area (Å²) in [6, 6.07) is 4.09. The van der Waals surface area contributed by atoms with E-state index in [1.165, 1.54) is 0 Å². The zero-order chi connectivity index (χ0) is 8.97. The fourth-order valence-electron chi connectivity index (χ4n) is 1.12. The molecule has 0 saturated heterocycles. The predicted molar refractivity (Wildman–Crippen MR) is 47.7 cm³/mol. The van der Waals surface area contributed by atoms with Crippen molar-refractivity contribution in [3.63, 3.8) is 0 Å². The maximum atomic E-state index is 8.65. The molecule has 0 aliphatic carbocycles. The van der Waals surface area contributed by atoms with Crippen molar-refractivity contribution in [3.8, 4) is 6.07 Å². The van der Waals surface area contributed by atoms with Gasteiger partial charge in [0.2, 0.25) is 0 Å². The Hall–Kier alpha value is -1.36. The van der Waals surface area contributed by atoms with Gasteiger partial charge in [-0.15, -0.1) is 0 Å². The first kappa shape index (κ1) is 8.73. The molecule has 12 heavy (non-hydrogen) atoms. The molecule has 0 aliphatic heterocycles. The van der Waals surface area contributed by atoms with E-state index in [0.29, 0.717) is 5.56 Å². The second-order valence-electron chi connectivity index (χ2n) is 2.85. The van der Waals surface area contributed by atoms with Crippen molar-refractivity contribution in [2.75, 3.05) is 0 Å². The number of nitriles is 1. The van der Waals surface area contributed by atoms with E-state index in [1.807, 2.05) is 13.0 Å². The van der Waals surface area contributed by atoms with Gasteiger partial charge in [0.05, 0.1) is 5.56 Å². The Labute approximate surface area is 72.9 Å². The Morgan fingerprint density at radius 2 is 2.33 bits per heavy atom. The third-order valence-corrected chi connectivity index (χ3v) is 1.79. The average molecular weight is 160 g/mol. The molecule has 2 nitrogen and oxygen atoms in total. The van der Waals surface area contributed by atoms with Gasteiger partial charge >= 0.3 is 0 Å². The van der Waals surface area contributed by atoms with Gasteiger partial charge in [-0.2, -0.15) is 5.26 Å². The quantitative estimate of drug-likeness (QED) is 0.665. The second kappa shape index (κ2) is 3.87. The van der Waals surface area contributed by atoms with E-state index < -0.39 is 0 Å². The van der Waals surface area contributed by atoms with Crippen molar-refractivity contribution in [2.45, 2.75) is 26.7 Å². The number of hydrogen-bond donors (Lipinski definition) is 0. The number of nitrogens with zero attached hydrogens (tertiary/aromatic N) is 2. The monoisotopic (exact) mass is 160 g/mol. The first-order chi connectivity index (χ1) is 5.77. The molecule has 0 aromatic carbocycles. The van der Waals surface area contributed by atoms with Crippen molar-refractivity contribution in [3.05, 3.63) is 29.1 Å². The highest BCUT2D eigenvalue weighted by Gasteiger charge is 1.98. The van der Waals surface area contributed by atoms with Crippen LogP contribution in [0.2, 0.25) is 0 Å². The Kier molecular flexibility index (Phi) is 2.82. The number of aryl methyl sites for hydroxylation is 2. The van der Waals surface area contributed by atoms with Gasteiger partial charge in [0, 0.05) is 11.9 Å². The van der Waals surface area contributed by atoms with Crippen LogP contribution in [0, 0.1) is 18.3 Å². The summed E-state index contributed by atoms with van der Waals surface area (Å²) in [6.45, 7) is 4.06. The van der Waals surface area contributed by atoms with E-state index in [9.17, 15) is 0 Å². The fourth-order valence-corrected chi connectivity index (χ4v) is 1.12. The highest BCUT2D eigenvalue weighted by Crippen LogP contribution is 2.07. The van der Waals surface area contributed by atoms with Crippen LogP contribution in [0.15, 0.2) is 12.3 Å². The van der Waals surface area contributed by atoms with Crippen molar-refractivity contribution in [1.82, 2.24) is 4.98 Å². The van der Waals surface area contributed by atoms with Crippen molar-refractivity contribution in [2.24, 2.45) is 0 Å². The molecule has 1 rings (SSSR count). The van der Waals surface area contributed by atoms with Gasteiger partial charge in [0.25, 0.3) is 0 Å². The molecule has 1 aromatic heterocycles. The molecule has 62 valence electrons. The van der Waals surface area contributed by atoms with Crippen LogP contribution < -0.4 is 0 Å². The summed E-state index contributed by atoms with van der Waals surface area (Å²) >= 11 is 0. The molecule has 2 heteroatoms. The summed E-state index contributed by atoms with van der Waals surface area (Å²) in [5.74, 6) is 0. The molecule has 0 fully saturated rings. The van der Waals surface area contributed by atoms with Gasteiger partial charge in [-0.1, -0.05) is 13.3 Å². The van der Waals surface area contributed by atoms with Crippen LogP contribution in [0.1, 0.15) is 30.2 Å². The molecule has 0 radical (unpaired) electrons. The van der Waals surface area contributed by atoms with Crippen molar-refractivity contribution < 1.29 is 0 Å². The second-order valence-corrected chi connectivity index (χ2v) is 2.85. The third-order valence-electron chi connectivity index (χ3n) is 1.79. The highest BCUT2D eigenvalue weighted by molar-refractivity contribution is 5.35. The van der Waals surface area contributed by atoms with E-state index in [0.717, 1.165) is 24.1 Å². The summed E-state index contributed by atoms with van der Waals surface area (Å²) in [7, 11) is 0. The minimum atomic E-state index is 0.676. The summed E-state index contributed by atoms with van der Waals surface area (Å²) in [4.78, 5) is 4.18. The summed E-state index contributed by atoms with van der Waals surface area (Å²) in [5.41, 5.74) is 2.78. The Morgan fingerprint density at radius 3 is 2.83 bits per heavy atom. The number of hydrogen-bond acceptors (Lipinski definition) is 2. The lowest BCUT2D eigenvalue weighted by molar-refractivity contribution is 0.879. The molecule has 0 spiro atoms. The fraction of sp³-hybridized carbons (Fsp3) is 0.400. The Morgan fingerprint density at radius 1 is 1.58 bits per heavy atom. The molecule has 0 amide bonds. The van der Waals surface area contributed by atoms with Crippen LogP contribution in [0.4, 0.5) is 0 Å². The van der Waals surface area contributed by atoms with Crippen LogP contribution in [0.3, 0.4) is 0 Å². The molecule has 0 bridgehead atoms. The van der Waals surface area contributed by atoms with Gasteiger partial charge in [0.1, 0.15) is 6.07 Å². The van der Waals surface area contributed by atoms with Gasteiger partial charge in [0.15, 0.2) is 0 Å². The first-order valence-corrected chi connectivity index (χ1v) is 4.13. The largest absolute Gasteiger partial charge is 0.260 e. The van der Waals surface area contributed by atoms with Crippen LogP contribution in [0.25, 0.3) is 0 Å². The standard InChI is InChI=1S/C10H12N2/c1-3-4-10-5-8(2)9(6-11)7-12-10/h5,7H,3-4H2,1-2H3. The van der Waals surface area contributed by atoms with Crippen LogP contribution in [-0.4, -0.2) is 4.98 Å². The molecule has 0 N–H and O–H groups in total. The lowest BCUT2D eigenvalue weighted by Crippen LogP contribution is -1.92. The summed E-state index contributed by atoms with van der Waals surface area (Å²) in [5, 5.41) is 8.65. The number of pyridine rings is 1. The topological polar surface area (TPSA) is 36.7 Å². The number of rotatable bonds is 2. The normalized spacial score (nSPS) is 9.42. The molecular formula is C10H12N2.